The minimum Gasteiger partial charge on any atom is -0.336 e. The molecule has 278 valence electrons. The first-order valence-electron chi connectivity index (χ1n) is 20.2. The van der Waals surface area contributed by atoms with Crippen molar-refractivity contribution in [3.8, 4) is 33.6 Å². The van der Waals surface area contributed by atoms with Crippen LogP contribution in [0.2, 0.25) is 0 Å². The third-order valence-corrected chi connectivity index (χ3v) is 13.0. The molecule has 3 aromatic heterocycles. The first-order chi connectivity index (χ1) is 29.2. The fraction of sp³-hybridized carbons (Fsp3) is 0.0182. The van der Waals surface area contributed by atoms with Gasteiger partial charge in [0.2, 0.25) is 0 Å². The molecule has 0 amide bonds. The zero-order valence-corrected chi connectivity index (χ0v) is 33.6. The standard InChI is InChI=1S/C55H36BrN3/c56-49-20-10-7-13-40(49)35-57-50-27-23-36(38-25-29-54-45(31-38)43-18-8-11-21-52(43)58(54)41-14-3-1-4-15-41)33-47(50)48-34-37(24-28-51(48)57)39-26-30-55-46(32-39)44-19-9-12-22-53(44)59(55)42-16-5-2-6-17-42/h1-34H,35H2. The van der Waals surface area contributed by atoms with Crippen LogP contribution in [0.4, 0.5) is 0 Å². The normalized spacial score (nSPS) is 11.9. The quantitative estimate of drug-likeness (QED) is 0.159. The minimum absolute atomic E-state index is 0.760. The molecule has 0 saturated heterocycles. The first-order valence-corrected chi connectivity index (χ1v) is 20.9. The second-order valence-electron chi connectivity index (χ2n) is 15.5. The minimum atomic E-state index is 0.760. The van der Waals surface area contributed by atoms with Crippen molar-refractivity contribution in [1.82, 2.24) is 13.7 Å². The number of fused-ring (bicyclic) bond motifs is 9. The van der Waals surface area contributed by atoms with E-state index < -0.39 is 0 Å². The topological polar surface area (TPSA) is 14.8 Å². The van der Waals surface area contributed by atoms with Gasteiger partial charge in [-0.15, -0.1) is 0 Å². The SMILES string of the molecule is Brc1ccccc1Cn1c2ccc(-c3ccc4c(c3)c3ccccc3n4-c3ccccc3)cc2c2cc(-c3ccc4c(c3)c3ccccc3n4-c3ccccc3)ccc21. The molecule has 3 heterocycles. The van der Waals surface area contributed by atoms with Gasteiger partial charge in [0.15, 0.2) is 0 Å². The molecule has 0 aliphatic heterocycles. The fourth-order valence-electron chi connectivity index (χ4n) is 9.45. The van der Waals surface area contributed by atoms with Gasteiger partial charge >= 0.3 is 0 Å². The average molecular weight is 819 g/mol. The van der Waals surface area contributed by atoms with Gasteiger partial charge in [0.05, 0.1) is 22.1 Å². The van der Waals surface area contributed by atoms with Crippen molar-refractivity contribution >= 4 is 81.3 Å². The number of para-hydroxylation sites is 4. The molecule has 0 unspecified atom stereocenters. The molecule has 9 aromatic carbocycles. The summed E-state index contributed by atoms with van der Waals surface area (Å²) in [5, 5.41) is 7.52. The summed E-state index contributed by atoms with van der Waals surface area (Å²) in [6.45, 7) is 0.760. The number of hydrogen-bond acceptors (Lipinski definition) is 0. The number of aromatic nitrogens is 3. The van der Waals surface area contributed by atoms with Crippen LogP contribution >= 0.6 is 15.9 Å². The molecule has 59 heavy (non-hydrogen) atoms. The molecule has 0 atom stereocenters. The number of rotatable bonds is 6. The molecular formula is C55H36BrN3. The van der Waals surface area contributed by atoms with E-state index in [1.165, 1.54) is 105 Å². The van der Waals surface area contributed by atoms with Crippen LogP contribution in [-0.4, -0.2) is 13.7 Å². The Morgan fingerprint density at radius 3 is 1.12 bits per heavy atom. The lowest BCUT2D eigenvalue weighted by Crippen LogP contribution is -2.00. The summed E-state index contributed by atoms with van der Waals surface area (Å²) in [4.78, 5) is 0. The third-order valence-electron chi connectivity index (χ3n) is 12.2. The van der Waals surface area contributed by atoms with Crippen molar-refractivity contribution in [3.05, 3.63) is 216 Å². The Balaban J connectivity index is 1.04. The summed E-state index contributed by atoms with van der Waals surface area (Å²) < 4.78 is 8.36. The van der Waals surface area contributed by atoms with Crippen molar-refractivity contribution < 1.29 is 0 Å². The zero-order chi connectivity index (χ0) is 39.0. The van der Waals surface area contributed by atoms with Crippen molar-refractivity contribution in [2.75, 3.05) is 0 Å². The molecule has 3 nitrogen and oxygen atoms in total. The van der Waals surface area contributed by atoms with Crippen LogP contribution in [0, 0.1) is 0 Å². The number of halogens is 1. The first kappa shape index (κ1) is 33.9. The lowest BCUT2D eigenvalue weighted by atomic mass is 9.98. The Hall–Kier alpha value is -7.14. The lowest BCUT2D eigenvalue weighted by molar-refractivity contribution is 0.865. The molecular weight excluding hydrogens is 783 g/mol. The third kappa shape index (κ3) is 5.41. The van der Waals surface area contributed by atoms with Crippen molar-refractivity contribution in [2.45, 2.75) is 6.54 Å². The van der Waals surface area contributed by atoms with Crippen molar-refractivity contribution in [1.29, 1.82) is 0 Å². The van der Waals surface area contributed by atoms with Gasteiger partial charge in [-0.2, -0.15) is 0 Å². The van der Waals surface area contributed by atoms with Gasteiger partial charge < -0.3 is 13.7 Å². The molecule has 12 rings (SSSR count). The van der Waals surface area contributed by atoms with Gasteiger partial charge in [-0.25, -0.2) is 0 Å². The monoisotopic (exact) mass is 817 g/mol. The van der Waals surface area contributed by atoms with Gasteiger partial charge in [-0.1, -0.05) is 131 Å². The maximum atomic E-state index is 3.84. The van der Waals surface area contributed by atoms with E-state index in [0.29, 0.717) is 0 Å². The smallest absolute Gasteiger partial charge is 0.0541 e. The Morgan fingerprint density at radius 2 is 0.661 bits per heavy atom. The molecule has 0 spiro atoms. The maximum Gasteiger partial charge on any atom is 0.0541 e. The fourth-order valence-corrected chi connectivity index (χ4v) is 9.86. The van der Waals surface area contributed by atoms with E-state index in [1.54, 1.807) is 0 Å². The molecule has 0 aliphatic rings. The highest BCUT2D eigenvalue weighted by molar-refractivity contribution is 9.10. The summed E-state index contributed by atoms with van der Waals surface area (Å²) in [5.41, 5.74) is 15.7. The van der Waals surface area contributed by atoms with E-state index in [9.17, 15) is 0 Å². The van der Waals surface area contributed by atoms with E-state index in [0.717, 1.165) is 11.0 Å². The molecule has 0 N–H and O–H groups in total. The highest BCUT2D eigenvalue weighted by Crippen LogP contribution is 2.40. The van der Waals surface area contributed by atoms with Crippen molar-refractivity contribution in [3.63, 3.8) is 0 Å². The van der Waals surface area contributed by atoms with Crippen LogP contribution in [0.25, 0.3) is 99.0 Å². The summed E-state index contributed by atoms with van der Waals surface area (Å²) in [6.07, 6.45) is 0. The van der Waals surface area contributed by atoms with E-state index in [4.69, 9.17) is 0 Å². The molecule has 12 aromatic rings. The highest BCUT2D eigenvalue weighted by atomic mass is 79.9. The van der Waals surface area contributed by atoms with Crippen LogP contribution in [0.1, 0.15) is 5.56 Å². The Kier molecular flexibility index (Phi) is 7.75. The molecule has 0 aliphatic carbocycles. The zero-order valence-electron chi connectivity index (χ0n) is 32.1. The Morgan fingerprint density at radius 1 is 0.305 bits per heavy atom. The summed E-state index contributed by atoms with van der Waals surface area (Å²) in [6, 6.07) is 75.4. The predicted octanol–water partition coefficient (Wildman–Crippen LogP) is 15.1. The van der Waals surface area contributed by atoms with Crippen LogP contribution in [0.3, 0.4) is 0 Å². The summed E-state index contributed by atoms with van der Waals surface area (Å²) in [5.74, 6) is 0. The van der Waals surface area contributed by atoms with Gasteiger partial charge in [0.1, 0.15) is 0 Å². The lowest BCUT2D eigenvalue weighted by Gasteiger charge is -2.11. The van der Waals surface area contributed by atoms with Gasteiger partial charge in [-0.3, -0.25) is 0 Å². The largest absolute Gasteiger partial charge is 0.336 e. The molecule has 0 fully saturated rings. The second-order valence-corrected chi connectivity index (χ2v) is 16.3. The average Bonchev–Trinajstić information content (AvgIpc) is 3.92. The highest BCUT2D eigenvalue weighted by Gasteiger charge is 2.18. The van der Waals surface area contributed by atoms with E-state index in [-0.39, 0.29) is 0 Å². The molecule has 0 saturated carbocycles. The van der Waals surface area contributed by atoms with Gasteiger partial charge in [-0.05, 0) is 119 Å². The van der Waals surface area contributed by atoms with E-state index in [1.807, 2.05) is 0 Å². The van der Waals surface area contributed by atoms with Crippen LogP contribution in [0.5, 0.6) is 0 Å². The van der Waals surface area contributed by atoms with Gasteiger partial charge in [0.25, 0.3) is 0 Å². The molecule has 4 heteroatoms. The summed E-state index contributed by atoms with van der Waals surface area (Å²) in [7, 11) is 0. The maximum absolute atomic E-state index is 3.84. The number of hydrogen-bond donors (Lipinski definition) is 0. The van der Waals surface area contributed by atoms with E-state index >= 15 is 0 Å². The second kappa shape index (κ2) is 13.5. The predicted molar refractivity (Wildman–Crippen MR) is 252 cm³/mol. The summed E-state index contributed by atoms with van der Waals surface area (Å²) >= 11 is 3.84. The molecule has 0 bridgehead atoms. The molecule has 0 radical (unpaired) electrons. The van der Waals surface area contributed by atoms with Crippen molar-refractivity contribution in [2.24, 2.45) is 0 Å². The Bertz CT molecular complexity index is 3380. The van der Waals surface area contributed by atoms with Crippen LogP contribution < -0.4 is 0 Å². The van der Waals surface area contributed by atoms with Crippen LogP contribution in [0.15, 0.2) is 211 Å². The number of benzene rings is 9. The number of nitrogens with zero attached hydrogens (tertiary/aromatic N) is 3. The van der Waals surface area contributed by atoms with Gasteiger partial charge in [0, 0.05) is 65.7 Å². The van der Waals surface area contributed by atoms with Crippen LogP contribution in [-0.2, 0) is 6.54 Å². The Labute approximate surface area is 349 Å². The van der Waals surface area contributed by atoms with E-state index in [2.05, 4.69) is 236 Å².